The minimum absolute atomic E-state index is 0.109. The predicted molar refractivity (Wildman–Crippen MR) is 72.4 cm³/mol. The van der Waals surface area contributed by atoms with Gasteiger partial charge in [0.1, 0.15) is 5.25 Å². The van der Waals surface area contributed by atoms with Crippen LogP contribution in [0.5, 0.6) is 0 Å². The van der Waals surface area contributed by atoms with Gasteiger partial charge in [0.15, 0.2) is 9.84 Å². The summed E-state index contributed by atoms with van der Waals surface area (Å²) in [6, 6.07) is -0.285. The molecule has 110 valence electrons. The van der Waals surface area contributed by atoms with Crippen molar-refractivity contribution in [1.29, 1.82) is 0 Å². The zero-order valence-electron chi connectivity index (χ0n) is 11.2. The molecular formula is C13H23NO4S. The minimum atomic E-state index is -3.29. The number of nitrogens with one attached hydrogen (secondary N) is 1. The molecule has 1 heterocycles. The summed E-state index contributed by atoms with van der Waals surface area (Å²) >= 11 is 0. The summed E-state index contributed by atoms with van der Waals surface area (Å²) in [5, 5.41) is 11.8. The highest BCUT2D eigenvalue weighted by Gasteiger charge is 2.36. The maximum atomic E-state index is 12.1. The summed E-state index contributed by atoms with van der Waals surface area (Å²) in [5.74, 6) is -0.302. The number of carbonyl (C=O) groups excluding carboxylic acids is 1. The maximum Gasteiger partial charge on any atom is 0.238 e. The SMILES string of the molecule is O=C(NC1CCCCCC1O)C1CCCCS1(=O)=O. The summed E-state index contributed by atoms with van der Waals surface area (Å²) in [6.07, 6.45) is 5.72. The number of hydrogen-bond acceptors (Lipinski definition) is 4. The molecule has 0 aromatic carbocycles. The molecule has 1 saturated carbocycles. The van der Waals surface area contributed by atoms with Gasteiger partial charge in [-0.1, -0.05) is 25.7 Å². The molecule has 1 saturated heterocycles. The van der Waals surface area contributed by atoms with E-state index in [0.29, 0.717) is 19.3 Å². The van der Waals surface area contributed by atoms with E-state index in [9.17, 15) is 18.3 Å². The standard InChI is InChI=1S/C13H23NO4S/c15-11-7-3-1-2-6-10(11)14-13(16)12-8-4-5-9-19(12,17)18/h10-12,15H,1-9H2,(H,14,16). The lowest BCUT2D eigenvalue weighted by Gasteiger charge is -2.26. The monoisotopic (exact) mass is 289 g/mol. The van der Waals surface area contributed by atoms with E-state index in [-0.39, 0.29) is 11.8 Å². The quantitative estimate of drug-likeness (QED) is 0.735. The highest BCUT2D eigenvalue weighted by molar-refractivity contribution is 7.92. The van der Waals surface area contributed by atoms with Crippen molar-refractivity contribution >= 4 is 15.7 Å². The second-order valence-corrected chi connectivity index (χ2v) is 7.97. The van der Waals surface area contributed by atoms with Crippen molar-refractivity contribution in [3.8, 4) is 0 Å². The van der Waals surface area contributed by atoms with Gasteiger partial charge in [-0.05, 0) is 25.7 Å². The number of rotatable bonds is 2. The first kappa shape index (κ1) is 14.8. The van der Waals surface area contributed by atoms with Gasteiger partial charge in [0.2, 0.25) is 5.91 Å². The summed E-state index contributed by atoms with van der Waals surface area (Å²) in [4.78, 5) is 12.1. The fraction of sp³-hybridized carbons (Fsp3) is 0.923. The number of amides is 1. The normalized spacial score (nSPS) is 35.3. The fourth-order valence-corrected chi connectivity index (χ4v) is 4.79. The van der Waals surface area contributed by atoms with Crippen molar-refractivity contribution in [2.45, 2.75) is 68.8 Å². The Bertz CT molecular complexity index is 420. The van der Waals surface area contributed by atoms with E-state index in [4.69, 9.17) is 0 Å². The molecule has 3 atom stereocenters. The molecule has 1 aliphatic heterocycles. The van der Waals surface area contributed by atoms with Crippen molar-refractivity contribution in [3.05, 3.63) is 0 Å². The van der Waals surface area contributed by atoms with Crippen LogP contribution in [-0.4, -0.2) is 42.6 Å². The lowest BCUT2D eigenvalue weighted by atomic mass is 10.1. The smallest absolute Gasteiger partial charge is 0.238 e. The number of hydrogen-bond donors (Lipinski definition) is 2. The van der Waals surface area contributed by atoms with Crippen LogP contribution in [0.4, 0.5) is 0 Å². The van der Waals surface area contributed by atoms with E-state index in [0.717, 1.165) is 32.1 Å². The van der Waals surface area contributed by atoms with Gasteiger partial charge in [-0.15, -0.1) is 0 Å². The molecule has 19 heavy (non-hydrogen) atoms. The molecule has 0 spiro atoms. The highest BCUT2D eigenvalue weighted by Crippen LogP contribution is 2.22. The zero-order chi connectivity index (χ0) is 13.9. The molecule has 2 N–H and O–H groups in total. The van der Waals surface area contributed by atoms with Gasteiger partial charge in [-0.3, -0.25) is 4.79 Å². The van der Waals surface area contributed by atoms with Gasteiger partial charge >= 0.3 is 0 Å². The van der Waals surface area contributed by atoms with Gasteiger partial charge < -0.3 is 10.4 Å². The Balaban J connectivity index is 1.99. The van der Waals surface area contributed by atoms with E-state index in [2.05, 4.69) is 5.32 Å². The molecule has 0 bridgehead atoms. The Morgan fingerprint density at radius 1 is 1.00 bits per heavy atom. The summed E-state index contributed by atoms with van der Waals surface area (Å²) in [7, 11) is -3.29. The summed E-state index contributed by atoms with van der Waals surface area (Å²) in [5.41, 5.74) is 0. The molecule has 0 aromatic heterocycles. The molecule has 6 heteroatoms. The van der Waals surface area contributed by atoms with E-state index < -0.39 is 27.1 Å². The molecule has 2 aliphatic rings. The van der Waals surface area contributed by atoms with Crippen molar-refractivity contribution in [3.63, 3.8) is 0 Å². The lowest BCUT2D eigenvalue weighted by Crippen LogP contribution is -2.50. The number of carbonyl (C=O) groups is 1. The Labute approximate surface area is 114 Å². The van der Waals surface area contributed by atoms with E-state index in [1.165, 1.54) is 0 Å². The summed E-state index contributed by atoms with van der Waals surface area (Å²) < 4.78 is 23.8. The van der Waals surface area contributed by atoms with Gasteiger partial charge in [-0.25, -0.2) is 8.42 Å². The van der Waals surface area contributed by atoms with Gasteiger partial charge in [0.25, 0.3) is 0 Å². The van der Waals surface area contributed by atoms with Gasteiger partial charge in [-0.2, -0.15) is 0 Å². The zero-order valence-corrected chi connectivity index (χ0v) is 12.0. The third kappa shape index (κ3) is 3.69. The van der Waals surface area contributed by atoms with Crippen LogP contribution < -0.4 is 5.32 Å². The second kappa shape index (κ2) is 6.22. The average Bonchev–Trinajstić information content (AvgIpc) is 2.54. The van der Waals surface area contributed by atoms with E-state index in [1.807, 2.05) is 0 Å². The Kier molecular flexibility index (Phi) is 4.84. The Morgan fingerprint density at radius 2 is 1.68 bits per heavy atom. The van der Waals surface area contributed by atoms with Crippen LogP contribution in [0.2, 0.25) is 0 Å². The van der Waals surface area contributed by atoms with Crippen LogP contribution in [0.1, 0.15) is 51.4 Å². The van der Waals surface area contributed by atoms with Gasteiger partial charge in [0, 0.05) is 0 Å². The van der Waals surface area contributed by atoms with Crippen molar-refractivity contribution in [2.75, 3.05) is 5.75 Å². The van der Waals surface area contributed by atoms with Crippen LogP contribution in [0.25, 0.3) is 0 Å². The number of aliphatic hydroxyl groups is 1. The highest BCUT2D eigenvalue weighted by atomic mass is 32.2. The molecule has 2 rings (SSSR count). The minimum Gasteiger partial charge on any atom is -0.391 e. The molecule has 1 amide bonds. The number of aliphatic hydroxyl groups excluding tert-OH is 1. The number of sulfone groups is 1. The molecule has 2 fully saturated rings. The first-order valence-corrected chi connectivity index (χ1v) is 8.92. The average molecular weight is 289 g/mol. The molecule has 5 nitrogen and oxygen atoms in total. The Hall–Kier alpha value is -0.620. The molecule has 1 aliphatic carbocycles. The first-order chi connectivity index (χ1) is 9.00. The molecule has 0 aromatic rings. The summed E-state index contributed by atoms with van der Waals surface area (Å²) in [6.45, 7) is 0. The maximum absolute atomic E-state index is 12.1. The third-order valence-corrected chi connectivity index (χ3v) is 6.35. The fourth-order valence-electron chi connectivity index (χ4n) is 2.98. The molecule has 0 radical (unpaired) electrons. The van der Waals surface area contributed by atoms with Crippen LogP contribution in [0.3, 0.4) is 0 Å². The van der Waals surface area contributed by atoms with Gasteiger partial charge in [0.05, 0.1) is 17.9 Å². The third-order valence-electron chi connectivity index (χ3n) is 4.18. The van der Waals surface area contributed by atoms with E-state index >= 15 is 0 Å². The second-order valence-electron chi connectivity index (χ2n) is 5.67. The lowest BCUT2D eigenvalue weighted by molar-refractivity contribution is -0.122. The Morgan fingerprint density at radius 3 is 2.42 bits per heavy atom. The van der Waals surface area contributed by atoms with Crippen LogP contribution >= 0.6 is 0 Å². The first-order valence-electron chi connectivity index (χ1n) is 7.21. The molecular weight excluding hydrogens is 266 g/mol. The van der Waals surface area contributed by atoms with Crippen LogP contribution in [-0.2, 0) is 14.6 Å². The van der Waals surface area contributed by atoms with E-state index in [1.54, 1.807) is 0 Å². The largest absolute Gasteiger partial charge is 0.391 e. The van der Waals surface area contributed by atoms with Crippen LogP contribution in [0.15, 0.2) is 0 Å². The van der Waals surface area contributed by atoms with Crippen molar-refractivity contribution in [2.24, 2.45) is 0 Å². The van der Waals surface area contributed by atoms with Crippen molar-refractivity contribution < 1.29 is 18.3 Å². The predicted octanol–water partition coefficient (Wildman–Crippen LogP) is 0.763. The van der Waals surface area contributed by atoms with Crippen LogP contribution in [0, 0.1) is 0 Å². The van der Waals surface area contributed by atoms with Crippen molar-refractivity contribution in [1.82, 2.24) is 5.32 Å². The molecule has 3 unspecified atom stereocenters. The topological polar surface area (TPSA) is 83.5 Å².